The number of hydrogen-bond donors (Lipinski definition) is 1. The summed E-state index contributed by atoms with van der Waals surface area (Å²) in [5, 5.41) is 2.98. The van der Waals surface area contributed by atoms with Crippen LogP contribution in [0.15, 0.2) is 42.5 Å². The predicted molar refractivity (Wildman–Crippen MR) is 117 cm³/mol. The van der Waals surface area contributed by atoms with Crippen molar-refractivity contribution in [3.63, 3.8) is 0 Å². The van der Waals surface area contributed by atoms with E-state index in [1.165, 1.54) is 16.7 Å². The van der Waals surface area contributed by atoms with Crippen LogP contribution >= 0.6 is 0 Å². The van der Waals surface area contributed by atoms with E-state index in [-0.39, 0.29) is 11.9 Å². The minimum atomic E-state index is -0.0432. The largest absolute Gasteiger partial charge is 0.497 e. The number of methoxy groups -OCH3 is 1. The van der Waals surface area contributed by atoms with Gasteiger partial charge in [0.2, 0.25) is 5.91 Å². The van der Waals surface area contributed by atoms with Crippen LogP contribution in [-0.2, 0) is 24.4 Å². The van der Waals surface area contributed by atoms with Crippen molar-refractivity contribution in [1.29, 1.82) is 0 Å². The number of benzene rings is 2. The highest BCUT2D eigenvalue weighted by Gasteiger charge is 2.28. The fourth-order valence-corrected chi connectivity index (χ4v) is 4.39. The average molecular weight is 410 g/mol. The number of fused-ring (bicyclic) bond motifs is 1. The molecule has 1 unspecified atom stereocenters. The predicted octanol–water partition coefficient (Wildman–Crippen LogP) is 2.80. The normalized spacial score (nSPS) is 20.1. The van der Waals surface area contributed by atoms with Gasteiger partial charge in [-0.25, -0.2) is 0 Å². The molecule has 6 heteroatoms. The number of nitrogens with one attached hydrogen (secondary N) is 1. The fraction of sp³-hybridized carbons (Fsp3) is 0.458. The van der Waals surface area contributed by atoms with Crippen molar-refractivity contribution in [1.82, 2.24) is 15.1 Å². The molecule has 4 rings (SSSR count). The third kappa shape index (κ3) is 4.77. The van der Waals surface area contributed by atoms with Crippen molar-refractivity contribution < 1.29 is 14.3 Å². The molecule has 0 aromatic heterocycles. The summed E-state index contributed by atoms with van der Waals surface area (Å²) < 4.78 is 11.4. The topological polar surface area (TPSA) is 54.0 Å². The molecule has 1 amide bonds. The van der Waals surface area contributed by atoms with Crippen LogP contribution in [0.2, 0.25) is 0 Å². The van der Waals surface area contributed by atoms with Gasteiger partial charge in [0.1, 0.15) is 18.1 Å². The first-order valence-electron chi connectivity index (χ1n) is 10.8. The highest BCUT2D eigenvalue weighted by Crippen LogP contribution is 2.27. The Morgan fingerprint density at radius 2 is 2.00 bits per heavy atom. The Morgan fingerprint density at radius 1 is 1.13 bits per heavy atom. The molecule has 0 radical (unpaired) electrons. The second-order valence-corrected chi connectivity index (χ2v) is 8.04. The number of rotatable bonds is 6. The van der Waals surface area contributed by atoms with Gasteiger partial charge in [-0.3, -0.25) is 14.6 Å². The van der Waals surface area contributed by atoms with E-state index < -0.39 is 0 Å². The Bertz CT molecular complexity index is 886. The maximum atomic E-state index is 12.2. The monoisotopic (exact) mass is 409 g/mol. The summed E-state index contributed by atoms with van der Waals surface area (Å²) in [5.41, 5.74) is 3.68. The molecule has 0 aliphatic carbocycles. The highest BCUT2D eigenvalue weighted by molar-refractivity contribution is 5.82. The van der Waals surface area contributed by atoms with Crippen LogP contribution in [0, 0.1) is 0 Å². The Kier molecular flexibility index (Phi) is 6.55. The van der Waals surface area contributed by atoms with E-state index in [1.807, 2.05) is 12.1 Å². The van der Waals surface area contributed by atoms with Gasteiger partial charge in [0.05, 0.1) is 13.2 Å². The number of carbonyl (C=O) groups is 1. The van der Waals surface area contributed by atoms with Crippen LogP contribution in [0.25, 0.3) is 0 Å². The van der Waals surface area contributed by atoms with Gasteiger partial charge in [-0.15, -0.1) is 0 Å². The molecule has 2 aromatic rings. The third-order valence-electron chi connectivity index (χ3n) is 5.94. The first-order chi connectivity index (χ1) is 14.7. The minimum Gasteiger partial charge on any atom is -0.497 e. The van der Waals surface area contributed by atoms with Crippen LogP contribution in [0.1, 0.15) is 30.0 Å². The van der Waals surface area contributed by atoms with Crippen LogP contribution < -0.4 is 14.8 Å². The first-order valence-corrected chi connectivity index (χ1v) is 10.8. The lowest BCUT2D eigenvalue weighted by atomic mass is 10.1. The zero-order valence-corrected chi connectivity index (χ0v) is 17.9. The second kappa shape index (κ2) is 9.49. The van der Waals surface area contributed by atoms with E-state index in [2.05, 4.69) is 52.4 Å². The molecule has 1 atom stereocenters. The summed E-state index contributed by atoms with van der Waals surface area (Å²) in [7, 11) is 1.70. The van der Waals surface area contributed by atoms with Gasteiger partial charge in [-0.1, -0.05) is 25.1 Å². The summed E-state index contributed by atoms with van der Waals surface area (Å²) in [5.74, 6) is 2.00. The zero-order chi connectivity index (χ0) is 20.9. The molecule has 1 N–H and O–H groups in total. The van der Waals surface area contributed by atoms with Gasteiger partial charge >= 0.3 is 0 Å². The van der Waals surface area contributed by atoms with Crippen molar-refractivity contribution in [2.75, 3.05) is 33.4 Å². The Labute approximate surface area is 178 Å². The molecule has 2 aliphatic rings. The molecule has 6 nitrogen and oxygen atoms in total. The highest BCUT2D eigenvalue weighted by atomic mass is 16.5. The molecule has 1 saturated heterocycles. The van der Waals surface area contributed by atoms with E-state index in [0.29, 0.717) is 6.61 Å². The lowest BCUT2D eigenvalue weighted by Crippen LogP contribution is -2.54. The van der Waals surface area contributed by atoms with Gasteiger partial charge in [0.15, 0.2) is 0 Å². The molecular weight excluding hydrogens is 378 g/mol. The van der Waals surface area contributed by atoms with Gasteiger partial charge in [0.25, 0.3) is 0 Å². The van der Waals surface area contributed by atoms with E-state index in [1.54, 1.807) is 7.11 Å². The number of nitrogens with zero attached hydrogens (tertiary/aromatic N) is 2. The van der Waals surface area contributed by atoms with Crippen molar-refractivity contribution in [3.8, 4) is 11.5 Å². The first kappa shape index (κ1) is 20.7. The molecular formula is C24H31N3O3. The van der Waals surface area contributed by atoms with Crippen molar-refractivity contribution in [2.24, 2.45) is 0 Å². The van der Waals surface area contributed by atoms with Crippen LogP contribution in [0.5, 0.6) is 11.5 Å². The smallest absolute Gasteiger partial charge is 0.237 e. The molecule has 0 spiro atoms. The standard InChI is InChI=1S/C24H31N3O3/c1-3-22-24(28)25-9-10-27(22)16-19-7-8-23-20(13-19)17-26(11-12-30-23)15-18-5-4-6-21(14-18)29-2/h4-8,13-14,22H,3,9-12,15-17H2,1-2H3,(H,25,28). The minimum absolute atomic E-state index is 0.0432. The molecule has 2 aliphatic heterocycles. The number of hydrogen-bond acceptors (Lipinski definition) is 5. The maximum absolute atomic E-state index is 12.2. The summed E-state index contributed by atoms with van der Waals surface area (Å²) in [6.07, 6.45) is 0.828. The fourth-order valence-electron chi connectivity index (χ4n) is 4.39. The quantitative estimate of drug-likeness (QED) is 0.795. The lowest BCUT2D eigenvalue weighted by molar-refractivity contribution is -0.129. The van der Waals surface area contributed by atoms with Crippen LogP contribution in [0.3, 0.4) is 0 Å². The van der Waals surface area contributed by atoms with Crippen molar-refractivity contribution >= 4 is 5.91 Å². The Balaban J connectivity index is 1.48. The summed E-state index contributed by atoms with van der Waals surface area (Å²) >= 11 is 0. The van der Waals surface area contributed by atoms with Crippen LogP contribution in [0.4, 0.5) is 0 Å². The lowest BCUT2D eigenvalue weighted by Gasteiger charge is -2.34. The van der Waals surface area contributed by atoms with Crippen molar-refractivity contribution in [2.45, 2.75) is 39.0 Å². The van der Waals surface area contributed by atoms with Gasteiger partial charge in [-0.05, 0) is 41.8 Å². The second-order valence-electron chi connectivity index (χ2n) is 8.04. The van der Waals surface area contributed by atoms with Crippen LogP contribution in [-0.4, -0.2) is 55.1 Å². The third-order valence-corrected chi connectivity index (χ3v) is 5.94. The molecule has 160 valence electrons. The number of amides is 1. The molecule has 1 fully saturated rings. The summed E-state index contributed by atoms with van der Waals surface area (Å²) in [6, 6.07) is 14.7. The molecule has 2 heterocycles. The number of carbonyl (C=O) groups excluding carboxylic acids is 1. The molecule has 0 saturated carbocycles. The van der Waals surface area contributed by atoms with Crippen molar-refractivity contribution in [3.05, 3.63) is 59.2 Å². The molecule has 30 heavy (non-hydrogen) atoms. The Morgan fingerprint density at radius 3 is 2.83 bits per heavy atom. The van der Waals surface area contributed by atoms with Gasteiger partial charge < -0.3 is 14.8 Å². The van der Waals surface area contributed by atoms with Gasteiger partial charge in [-0.2, -0.15) is 0 Å². The Hall–Kier alpha value is -2.57. The zero-order valence-electron chi connectivity index (χ0n) is 17.9. The maximum Gasteiger partial charge on any atom is 0.237 e. The average Bonchev–Trinajstić information content (AvgIpc) is 2.95. The summed E-state index contributed by atoms with van der Waals surface area (Å²) in [4.78, 5) is 16.9. The van der Waals surface area contributed by atoms with E-state index in [0.717, 1.165) is 57.2 Å². The van der Waals surface area contributed by atoms with E-state index >= 15 is 0 Å². The SMILES string of the molecule is CCC1C(=O)NCCN1Cc1ccc2c(c1)CN(Cc1cccc(OC)c1)CCO2. The molecule has 2 aromatic carbocycles. The number of piperazine rings is 1. The molecule has 0 bridgehead atoms. The summed E-state index contributed by atoms with van der Waals surface area (Å²) in [6.45, 7) is 7.73. The van der Waals surface area contributed by atoms with E-state index in [9.17, 15) is 4.79 Å². The number of ether oxygens (including phenoxy) is 2. The van der Waals surface area contributed by atoms with E-state index in [4.69, 9.17) is 9.47 Å². The van der Waals surface area contributed by atoms with Gasteiger partial charge in [0, 0.05) is 44.8 Å².